The first-order valence-corrected chi connectivity index (χ1v) is 12.0. The standard InChI is InChI=1S/C19H27N5O2S2.HI/c1-3-20-19(21-10-8-17-14-27-15(2)23-17)22-11-13-28(25,26)24-12-9-16-6-4-5-7-18(16)24;/h4-7,14H,3,8-13H2,1-2H3,(H2,20,21,22);1H. The highest BCUT2D eigenvalue weighted by Crippen LogP contribution is 2.29. The predicted molar refractivity (Wildman–Crippen MR) is 131 cm³/mol. The van der Waals surface area contributed by atoms with Gasteiger partial charge in [-0.25, -0.2) is 13.4 Å². The molecule has 1 aromatic heterocycles. The molecule has 1 aliphatic heterocycles. The number of anilines is 1. The Hall–Kier alpha value is -1.40. The van der Waals surface area contributed by atoms with Crippen molar-refractivity contribution in [3.63, 3.8) is 0 Å². The van der Waals surface area contributed by atoms with Gasteiger partial charge in [0.05, 0.1) is 28.7 Å². The molecule has 0 spiro atoms. The van der Waals surface area contributed by atoms with Gasteiger partial charge in [0.25, 0.3) is 0 Å². The number of nitrogens with zero attached hydrogens (tertiary/aromatic N) is 3. The fraction of sp³-hybridized carbons (Fsp3) is 0.474. The van der Waals surface area contributed by atoms with Crippen LogP contribution in [0, 0.1) is 6.92 Å². The number of aromatic nitrogens is 1. The quantitative estimate of drug-likeness (QED) is 0.301. The van der Waals surface area contributed by atoms with Crippen LogP contribution in [-0.4, -0.2) is 51.3 Å². The minimum Gasteiger partial charge on any atom is -0.357 e. The largest absolute Gasteiger partial charge is 0.357 e. The molecule has 0 aliphatic carbocycles. The average molecular weight is 550 g/mol. The number of hydrogen-bond donors (Lipinski definition) is 2. The van der Waals surface area contributed by atoms with Crippen LogP contribution >= 0.6 is 35.3 Å². The number of fused-ring (bicyclic) bond motifs is 1. The zero-order valence-electron chi connectivity index (χ0n) is 16.7. The molecule has 0 fully saturated rings. The smallest absolute Gasteiger partial charge is 0.237 e. The molecule has 0 atom stereocenters. The maximum Gasteiger partial charge on any atom is 0.237 e. The lowest BCUT2D eigenvalue weighted by Crippen LogP contribution is -2.39. The van der Waals surface area contributed by atoms with E-state index in [4.69, 9.17) is 0 Å². The van der Waals surface area contributed by atoms with E-state index in [0.29, 0.717) is 25.6 Å². The Bertz CT molecular complexity index is 930. The highest BCUT2D eigenvalue weighted by Gasteiger charge is 2.28. The topological polar surface area (TPSA) is 86.7 Å². The van der Waals surface area contributed by atoms with E-state index < -0.39 is 10.0 Å². The third-order valence-electron chi connectivity index (χ3n) is 4.48. The molecule has 160 valence electrons. The fourth-order valence-electron chi connectivity index (χ4n) is 3.15. The molecule has 10 heteroatoms. The summed E-state index contributed by atoms with van der Waals surface area (Å²) in [6, 6.07) is 7.68. The van der Waals surface area contributed by atoms with Crippen molar-refractivity contribution in [1.82, 2.24) is 15.6 Å². The van der Waals surface area contributed by atoms with Crippen molar-refractivity contribution >= 4 is 57.0 Å². The van der Waals surface area contributed by atoms with Crippen LogP contribution in [0.25, 0.3) is 0 Å². The summed E-state index contributed by atoms with van der Waals surface area (Å²) in [6.07, 6.45) is 1.57. The van der Waals surface area contributed by atoms with Crippen molar-refractivity contribution in [1.29, 1.82) is 0 Å². The van der Waals surface area contributed by atoms with Gasteiger partial charge in [-0.05, 0) is 31.9 Å². The molecule has 2 aromatic rings. The minimum atomic E-state index is -3.38. The maximum atomic E-state index is 12.7. The van der Waals surface area contributed by atoms with Gasteiger partial charge >= 0.3 is 0 Å². The Morgan fingerprint density at radius 2 is 2.10 bits per heavy atom. The molecule has 1 aromatic carbocycles. The van der Waals surface area contributed by atoms with E-state index >= 15 is 0 Å². The third-order valence-corrected chi connectivity index (χ3v) is 7.06. The van der Waals surface area contributed by atoms with Crippen LogP contribution in [0.15, 0.2) is 34.6 Å². The average Bonchev–Trinajstić information content (AvgIpc) is 3.28. The zero-order chi connectivity index (χ0) is 20.0. The lowest BCUT2D eigenvalue weighted by molar-refractivity contribution is 0.592. The molecule has 29 heavy (non-hydrogen) atoms. The minimum absolute atomic E-state index is 0. The number of aryl methyl sites for hydroxylation is 1. The van der Waals surface area contributed by atoms with Gasteiger partial charge in [0, 0.05) is 31.4 Å². The number of hydrogen-bond acceptors (Lipinski definition) is 5. The highest BCUT2D eigenvalue weighted by molar-refractivity contribution is 14.0. The number of rotatable bonds is 8. The number of halogens is 1. The van der Waals surface area contributed by atoms with E-state index in [1.807, 2.05) is 38.1 Å². The zero-order valence-corrected chi connectivity index (χ0v) is 20.7. The van der Waals surface area contributed by atoms with Crippen molar-refractivity contribution < 1.29 is 8.42 Å². The van der Waals surface area contributed by atoms with Gasteiger partial charge in [0.1, 0.15) is 0 Å². The van der Waals surface area contributed by atoms with Gasteiger partial charge in [-0.3, -0.25) is 9.30 Å². The Balaban J connectivity index is 0.00000300. The first kappa shape index (κ1) is 23.9. The van der Waals surface area contributed by atoms with Gasteiger partial charge in [-0.15, -0.1) is 35.3 Å². The second-order valence-corrected chi connectivity index (χ2v) is 9.64. The Morgan fingerprint density at radius 3 is 2.83 bits per heavy atom. The van der Waals surface area contributed by atoms with Crippen LogP contribution < -0.4 is 14.9 Å². The number of benzene rings is 1. The van der Waals surface area contributed by atoms with E-state index in [0.717, 1.165) is 34.8 Å². The first-order valence-electron chi connectivity index (χ1n) is 9.51. The molecule has 0 amide bonds. The summed E-state index contributed by atoms with van der Waals surface area (Å²) in [5.74, 6) is 0.620. The lowest BCUT2D eigenvalue weighted by atomic mass is 10.2. The first-order chi connectivity index (χ1) is 13.5. The van der Waals surface area contributed by atoms with Crippen LogP contribution in [0.5, 0.6) is 0 Å². The van der Waals surface area contributed by atoms with Crippen LogP contribution in [0.4, 0.5) is 5.69 Å². The van der Waals surface area contributed by atoms with E-state index in [2.05, 4.69) is 26.0 Å². The van der Waals surface area contributed by atoms with Gasteiger partial charge in [-0.1, -0.05) is 18.2 Å². The van der Waals surface area contributed by atoms with Crippen molar-refractivity contribution in [3.05, 3.63) is 45.9 Å². The van der Waals surface area contributed by atoms with E-state index in [9.17, 15) is 8.42 Å². The van der Waals surface area contributed by atoms with Crippen LogP contribution in [0.2, 0.25) is 0 Å². The molecule has 3 rings (SSSR count). The molecule has 0 bridgehead atoms. The van der Waals surface area contributed by atoms with Gasteiger partial charge in [0.2, 0.25) is 10.0 Å². The number of nitrogens with one attached hydrogen (secondary N) is 2. The lowest BCUT2D eigenvalue weighted by Gasteiger charge is -2.19. The molecule has 2 N–H and O–H groups in total. The number of sulfonamides is 1. The van der Waals surface area contributed by atoms with E-state index in [-0.39, 0.29) is 36.3 Å². The third kappa shape index (κ3) is 6.54. The number of para-hydroxylation sites is 1. The molecule has 0 saturated heterocycles. The van der Waals surface area contributed by atoms with Crippen molar-refractivity contribution in [3.8, 4) is 0 Å². The Labute approximate surface area is 194 Å². The monoisotopic (exact) mass is 549 g/mol. The van der Waals surface area contributed by atoms with Crippen molar-refractivity contribution in [2.45, 2.75) is 26.7 Å². The number of guanidine groups is 1. The molecule has 2 heterocycles. The molecular weight excluding hydrogens is 521 g/mol. The molecule has 0 radical (unpaired) electrons. The summed E-state index contributed by atoms with van der Waals surface area (Å²) >= 11 is 1.64. The second kappa shape index (κ2) is 11.1. The van der Waals surface area contributed by atoms with Crippen LogP contribution in [-0.2, 0) is 22.9 Å². The molecule has 1 aliphatic rings. The summed E-state index contributed by atoms with van der Waals surface area (Å²) in [4.78, 5) is 8.88. The molecule has 7 nitrogen and oxygen atoms in total. The van der Waals surface area contributed by atoms with Gasteiger partial charge in [-0.2, -0.15) is 0 Å². The highest BCUT2D eigenvalue weighted by atomic mass is 127. The Kier molecular flexibility index (Phi) is 9.15. The fourth-order valence-corrected chi connectivity index (χ4v) is 5.19. The Morgan fingerprint density at radius 1 is 1.31 bits per heavy atom. The second-order valence-electron chi connectivity index (χ2n) is 6.56. The van der Waals surface area contributed by atoms with Gasteiger partial charge < -0.3 is 10.6 Å². The number of thiazole rings is 1. The normalized spacial score (nSPS) is 13.7. The summed E-state index contributed by atoms with van der Waals surface area (Å²) in [5.41, 5.74) is 2.94. The van der Waals surface area contributed by atoms with Gasteiger partial charge in [0.15, 0.2) is 5.96 Å². The summed E-state index contributed by atoms with van der Waals surface area (Å²) in [7, 11) is -3.38. The summed E-state index contributed by atoms with van der Waals surface area (Å²) < 4.78 is 27.0. The summed E-state index contributed by atoms with van der Waals surface area (Å²) in [6.45, 7) is 6.11. The van der Waals surface area contributed by atoms with E-state index in [1.54, 1.807) is 11.3 Å². The van der Waals surface area contributed by atoms with Crippen LogP contribution in [0.3, 0.4) is 0 Å². The molecular formula is C19H28IN5O2S2. The molecule has 0 unspecified atom stereocenters. The van der Waals surface area contributed by atoms with Crippen molar-refractivity contribution in [2.24, 2.45) is 4.99 Å². The SMILES string of the molecule is CCNC(=NCCS(=O)(=O)N1CCc2ccccc21)NCCc1csc(C)n1.I. The maximum absolute atomic E-state index is 12.7. The molecule has 0 saturated carbocycles. The van der Waals surface area contributed by atoms with Crippen molar-refractivity contribution in [2.75, 3.05) is 36.2 Å². The van der Waals surface area contributed by atoms with E-state index in [1.165, 1.54) is 4.31 Å². The van der Waals surface area contributed by atoms with Crippen LogP contribution in [0.1, 0.15) is 23.2 Å². The summed E-state index contributed by atoms with van der Waals surface area (Å²) in [5, 5.41) is 9.52. The number of aliphatic imine (C=N–C) groups is 1. The predicted octanol–water partition coefficient (Wildman–Crippen LogP) is 2.56.